The van der Waals surface area contributed by atoms with Crippen molar-refractivity contribution in [1.29, 1.82) is 0 Å². The summed E-state index contributed by atoms with van der Waals surface area (Å²) in [4.78, 5) is 9.88. The van der Waals surface area contributed by atoms with Crippen LogP contribution in [-0.4, -0.2) is 18.5 Å². The summed E-state index contributed by atoms with van der Waals surface area (Å²) in [6.07, 6.45) is 0. The molecule has 9 heavy (non-hydrogen) atoms. The second-order valence-corrected chi connectivity index (χ2v) is 1.48. The summed E-state index contributed by atoms with van der Waals surface area (Å²) in [5, 5.41) is 0. The molecule has 0 aromatic rings. The van der Waals surface area contributed by atoms with Crippen LogP contribution in [0.15, 0.2) is 0 Å². The fourth-order valence-electron chi connectivity index (χ4n) is 0.197. The molecule has 0 saturated carbocycles. The minimum atomic E-state index is -0.602. The van der Waals surface area contributed by atoms with E-state index in [2.05, 4.69) is 16.6 Å². The maximum atomic E-state index is 9.88. The minimum absolute atomic E-state index is 0. The lowest BCUT2D eigenvalue weighted by molar-refractivity contribution is 0.245. The molecule has 0 rings (SSSR count). The molecule has 0 saturated heterocycles. The summed E-state index contributed by atoms with van der Waals surface area (Å²) in [6, 6.07) is -0.602. The number of halogens is 2. The summed E-state index contributed by atoms with van der Waals surface area (Å²) in [5.41, 5.74) is 9.31. The molecule has 0 radical (unpaired) electrons. The molecule has 0 spiro atoms. The van der Waals surface area contributed by atoms with Crippen molar-refractivity contribution in [3.05, 3.63) is 0 Å². The molecule has 0 bridgehead atoms. The summed E-state index contributed by atoms with van der Waals surface area (Å²) in [7, 11) is 0. The third-order valence-corrected chi connectivity index (χ3v) is 0.620. The number of carbonyl (C=O) groups is 1. The van der Waals surface area contributed by atoms with Gasteiger partial charge in [0.05, 0.1) is 0 Å². The van der Waals surface area contributed by atoms with Gasteiger partial charge in [0.25, 0.3) is 0 Å². The number of hydrazine groups is 1. The van der Waals surface area contributed by atoms with E-state index in [0.29, 0.717) is 12.4 Å². The summed E-state index contributed by atoms with van der Waals surface area (Å²) in [5.74, 6) is 0.445. The second-order valence-electron chi connectivity index (χ2n) is 1.11. The average molecular weight is 174 g/mol. The van der Waals surface area contributed by atoms with Crippen molar-refractivity contribution in [3.63, 3.8) is 0 Å². The Bertz CT molecular complexity index is 79.5. The molecule has 0 atom stereocenters. The number of rotatable bonds is 3. The van der Waals surface area contributed by atoms with Gasteiger partial charge in [-0.15, -0.1) is 24.0 Å². The Balaban J connectivity index is 0. The van der Waals surface area contributed by atoms with Crippen LogP contribution in [0.1, 0.15) is 0 Å². The second kappa shape index (κ2) is 7.81. The van der Waals surface area contributed by atoms with Crippen molar-refractivity contribution in [2.75, 3.05) is 12.4 Å². The van der Waals surface area contributed by atoms with E-state index in [0.717, 1.165) is 0 Å². The van der Waals surface area contributed by atoms with Crippen molar-refractivity contribution < 1.29 is 4.79 Å². The fourth-order valence-corrected chi connectivity index (χ4v) is 0.291. The highest BCUT2D eigenvalue weighted by Gasteiger charge is 1.85. The van der Waals surface area contributed by atoms with Gasteiger partial charge in [0.2, 0.25) is 0 Å². The monoisotopic (exact) mass is 173 g/mol. The first-order valence-corrected chi connectivity index (χ1v) is 2.65. The molecule has 0 aliphatic rings. The molecule has 0 aliphatic heterocycles. The van der Waals surface area contributed by atoms with Gasteiger partial charge >= 0.3 is 6.03 Å². The van der Waals surface area contributed by atoms with Crippen LogP contribution in [0.4, 0.5) is 4.79 Å². The van der Waals surface area contributed by atoms with E-state index < -0.39 is 6.03 Å². The third kappa shape index (κ3) is 11.4. The molecule has 56 valence electrons. The van der Waals surface area contributed by atoms with E-state index in [1.807, 2.05) is 0 Å². The summed E-state index contributed by atoms with van der Waals surface area (Å²) in [6.45, 7) is 0.518. The molecular formula is C3H9Cl2N3O. The number of hydrogen-bond donors (Lipinski definition) is 3. The van der Waals surface area contributed by atoms with Crippen LogP contribution in [-0.2, 0) is 0 Å². The van der Waals surface area contributed by atoms with Crippen LogP contribution < -0.4 is 16.6 Å². The van der Waals surface area contributed by atoms with Crippen LogP contribution in [0.25, 0.3) is 0 Å². The largest absolute Gasteiger partial charge is 0.351 e. The van der Waals surface area contributed by atoms with Gasteiger partial charge in [-0.05, 0) is 0 Å². The van der Waals surface area contributed by atoms with Gasteiger partial charge in [-0.25, -0.2) is 10.2 Å². The fraction of sp³-hybridized carbons (Fsp3) is 0.667. The van der Waals surface area contributed by atoms with Crippen LogP contribution in [0, 0.1) is 0 Å². The maximum absolute atomic E-state index is 9.88. The lowest BCUT2D eigenvalue weighted by Gasteiger charge is -1.98. The topological polar surface area (TPSA) is 67.2 Å². The standard InChI is InChI=1S/C3H8ClN3O.ClH/c4-1-2-6-7-3(5)8;/h6H,1-2H2,(H3,5,7,8);1H. The predicted molar refractivity (Wildman–Crippen MR) is 38.7 cm³/mol. The number of primary amides is 1. The van der Waals surface area contributed by atoms with Gasteiger partial charge < -0.3 is 5.73 Å². The van der Waals surface area contributed by atoms with E-state index in [4.69, 9.17) is 11.6 Å². The molecule has 2 amide bonds. The van der Waals surface area contributed by atoms with Gasteiger partial charge in [-0.1, -0.05) is 0 Å². The normalized spacial score (nSPS) is 7.67. The Morgan fingerprint density at radius 3 is 2.56 bits per heavy atom. The van der Waals surface area contributed by atoms with Crippen LogP contribution >= 0.6 is 24.0 Å². The van der Waals surface area contributed by atoms with Gasteiger partial charge in [0.15, 0.2) is 0 Å². The highest BCUT2D eigenvalue weighted by molar-refractivity contribution is 6.18. The number of hydrogen-bond acceptors (Lipinski definition) is 2. The van der Waals surface area contributed by atoms with Gasteiger partial charge in [-0.3, -0.25) is 5.43 Å². The number of urea groups is 1. The summed E-state index contributed by atoms with van der Waals surface area (Å²) >= 11 is 5.23. The minimum Gasteiger partial charge on any atom is -0.351 e. The van der Waals surface area contributed by atoms with E-state index in [-0.39, 0.29) is 12.4 Å². The number of alkyl halides is 1. The molecule has 0 aromatic heterocycles. The van der Waals surface area contributed by atoms with Gasteiger partial charge in [0.1, 0.15) is 0 Å². The lowest BCUT2D eigenvalue weighted by Crippen LogP contribution is -2.41. The van der Waals surface area contributed by atoms with E-state index in [1.54, 1.807) is 0 Å². The average Bonchev–Trinajstić information content (AvgIpc) is 1.66. The molecule has 0 unspecified atom stereocenters. The van der Waals surface area contributed by atoms with Crippen molar-refractivity contribution in [2.24, 2.45) is 5.73 Å². The Kier molecular flexibility index (Phi) is 10.1. The summed E-state index contributed by atoms with van der Waals surface area (Å²) < 4.78 is 0. The van der Waals surface area contributed by atoms with Crippen molar-refractivity contribution in [2.45, 2.75) is 0 Å². The quantitative estimate of drug-likeness (QED) is 0.315. The molecule has 0 fully saturated rings. The molecular weight excluding hydrogens is 165 g/mol. The van der Waals surface area contributed by atoms with Crippen LogP contribution in [0.3, 0.4) is 0 Å². The van der Waals surface area contributed by atoms with Gasteiger partial charge in [0, 0.05) is 12.4 Å². The van der Waals surface area contributed by atoms with E-state index in [1.165, 1.54) is 0 Å². The Morgan fingerprint density at radius 2 is 2.22 bits per heavy atom. The zero-order chi connectivity index (χ0) is 6.41. The van der Waals surface area contributed by atoms with Crippen molar-refractivity contribution in [3.8, 4) is 0 Å². The molecule has 4 nitrogen and oxygen atoms in total. The van der Waals surface area contributed by atoms with Crippen LogP contribution in [0.5, 0.6) is 0 Å². The third-order valence-electron chi connectivity index (χ3n) is 0.431. The maximum Gasteiger partial charge on any atom is 0.326 e. The van der Waals surface area contributed by atoms with Gasteiger partial charge in [-0.2, -0.15) is 0 Å². The molecule has 0 aromatic carbocycles. The lowest BCUT2D eigenvalue weighted by atomic mass is 10.8. The number of carbonyl (C=O) groups excluding carboxylic acids is 1. The smallest absolute Gasteiger partial charge is 0.326 e. The van der Waals surface area contributed by atoms with E-state index >= 15 is 0 Å². The zero-order valence-electron chi connectivity index (χ0n) is 4.69. The van der Waals surface area contributed by atoms with Crippen LogP contribution in [0.2, 0.25) is 0 Å². The number of nitrogens with one attached hydrogen (secondary N) is 2. The zero-order valence-corrected chi connectivity index (χ0v) is 6.26. The van der Waals surface area contributed by atoms with Crippen molar-refractivity contribution in [1.82, 2.24) is 10.9 Å². The molecule has 0 heterocycles. The van der Waals surface area contributed by atoms with E-state index in [9.17, 15) is 4.79 Å². The highest BCUT2D eigenvalue weighted by atomic mass is 35.5. The number of nitrogens with two attached hydrogens (primary N) is 1. The first-order valence-electron chi connectivity index (χ1n) is 2.11. The number of amides is 2. The molecule has 4 N–H and O–H groups in total. The molecule has 0 aliphatic carbocycles. The SMILES string of the molecule is Cl.NC(=O)NNCCCl. The first-order chi connectivity index (χ1) is 3.77. The van der Waals surface area contributed by atoms with Crippen molar-refractivity contribution >= 4 is 30.0 Å². The Labute approximate surface area is 64.5 Å². The Hall–Kier alpha value is -0.190. The Morgan fingerprint density at radius 1 is 1.67 bits per heavy atom. The first kappa shape index (κ1) is 11.6. The highest BCUT2D eigenvalue weighted by Crippen LogP contribution is 1.65. The predicted octanol–water partition coefficient (Wildman–Crippen LogP) is -0.180. The molecule has 6 heteroatoms.